The second-order valence-corrected chi connectivity index (χ2v) is 4.95. The van der Waals surface area contributed by atoms with Crippen molar-refractivity contribution in [2.24, 2.45) is 5.92 Å². The normalized spacial score (nSPS) is 16.5. The predicted molar refractivity (Wildman–Crippen MR) is 73.5 cm³/mol. The third-order valence-electron chi connectivity index (χ3n) is 3.46. The van der Waals surface area contributed by atoms with Crippen LogP contribution in [0.1, 0.15) is 19.3 Å². The van der Waals surface area contributed by atoms with Crippen molar-refractivity contribution in [3.8, 4) is 5.75 Å². The summed E-state index contributed by atoms with van der Waals surface area (Å²) in [4.78, 5) is 12.2. The minimum absolute atomic E-state index is 0.0704. The van der Waals surface area contributed by atoms with Crippen LogP contribution in [0.15, 0.2) is 23.1 Å². The van der Waals surface area contributed by atoms with Gasteiger partial charge in [0.05, 0.1) is 6.61 Å². The number of nitrogens with zero attached hydrogens (tertiary/aromatic N) is 1. The van der Waals surface area contributed by atoms with Crippen LogP contribution in [0.2, 0.25) is 0 Å². The van der Waals surface area contributed by atoms with Gasteiger partial charge in [-0.05, 0) is 44.0 Å². The van der Waals surface area contributed by atoms with Gasteiger partial charge in [0.2, 0.25) is 0 Å². The fourth-order valence-electron chi connectivity index (χ4n) is 2.36. The summed E-state index contributed by atoms with van der Waals surface area (Å²) in [6, 6.07) is 3.54. The quantitative estimate of drug-likeness (QED) is 0.741. The Morgan fingerprint density at radius 2 is 2.21 bits per heavy atom. The number of rotatable bonds is 6. The van der Waals surface area contributed by atoms with Crippen LogP contribution >= 0.6 is 0 Å². The summed E-state index contributed by atoms with van der Waals surface area (Å²) in [5.74, 6) is 0.941. The van der Waals surface area contributed by atoms with Crippen LogP contribution in [0.4, 0.5) is 0 Å². The van der Waals surface area contributed by atoms with E-state index in [0.717, 1.165) is 32.5 Å². The Kier molecular flexibility index (Phi) is 5.42. The summed E-state index contributed by atoms with van der Waals surface area (Å²) in [5.41, 5.74) is -0.0704. The minimum atomic E-state index is -0.0704. The first-order valence-corrected chi connectivity index (χ1v) is 6.95. The van der Waals surface area contributed by atoms with Gasteiger partial charge in [-0.15, -0.1) is 0 Å². The van der Waals surface area contributed by atoms with E-state index in [9.17, 15) is 4.79 Å². The van der Waals surface area contributed by atoms with E-state index in [4.69, 9.17) is 9.84 Å². The van der Waals surface area contributed by atoms with E-state index in [1.165, 1.54) is 0 Å². The van der Waals surface area contributed by atoms with Crippen molar-refractivity contribution in [2.45, 2.75) is 25.8 Å². The molecule has 0 unspecified atom stereocenters. The standard InChI is InChI=1S/C14H22N2O3/c17-9-2-10-19-13-3-1-8-16(14(13)18)11-12-4-6-15-7-5-12/h1,3,8,12,15,17H,2,4-7,9-11H2. The first kappa shape index (κ1) is 14.1. The van der Waals surface area contributed by atoms with Crippen LogP contribution in [-0.2, 0) is 6.54 Å². The number of aromatic nitrogens is 1. The van der Waals surface area contributed by atoms with Crippen molar-refractivity contribution in [1.82, 2.24) is 9.88 Å². The van der Waals surface area contributed by atoms with Gasteiger partial charge < -0.3 is 19.7 Å². The zero-order valence-corrected chi connectivity index (χ0v) is 11.2. The minimum Gasteiger partial charge on any atom is -0.488 e. The van der Waals surface area contributed by atoms with Crippen molar-refractivity contribution >= 4 is 0 Å². The van der Waals surface area contributed by atoms with Crippen molar-refractivity contribution in [1.29, 1.82) is 0 Å². The monoisotopic (exact) mass is 266 g/mol. The zero-order valence-electron chi connectivity index (χ0n) is 11.2. The first-order chi connectivity index (χ1) is 9.31. The Morgan fingerprint density at radius 1 is 1.42 bits per heavy atom. The van der Waals surface area contributed by atoms with Gasteiger partial charge in [-0.3, -0.25) is 4.79 Å². The number of pyridine rings is 1. The summed E-state index contributed by atoms with van der Waals surface area (Å²) < 4.78 is 7.14. The second-order valence-electron chi connectivity index (χ2n) is 4.95. The molecule has 0 aliphatic carbocycles. The number of aliphatic hydroxyl groups excluding tert-OH is 1. The molecule has 5 heteroatoms. The van der Waals surface area contributed by atoms with Gasteiger partial charge in [-0.1, -0.05) is 0 Å². The van der Waals surface area contributed by atoms with Crippen LogP contribution in [-0.4, -0.2) is 36.0 Å². The maximum Gasteiger partial charge on any atom is 0.292 e. The Morgan fingerprint density at radius 3 is 2.95 bits per heavy atom. The summed E-state index contributed by atoms with van der Waals surface area (Å²) >= 11 is 0. The van der Waals surface area contributed by atoms with Gasteiger partial charge in [0.25, 0.3) is 5.56 Å². The molecular weight excluding hydrogens is 244 g/mol. The Bertz CT molecular complexity index is 439. The molecule has 2 heterocycles. The van der Waals surface area contributed by atoms with Crippen molar-refractivity contribution in [3.63, 3.8) is 0 Å². The fourth-order valence-corrected chi connectivity index (χ4v) is 2.36. The van der Waals surface area contributed by atoms with E-state index >= 15 is 0 Å². The maximum absolute atomic E-state index is 12.2. The molecule has 0 amide bonds. The zero-order chi connectivity index (χ0) is 13.5. The molecule has 0 atom stereocenters. The lowest BCUT2D eigenvalue weighted by Crippen LogP contribution is -2.32. The molecule has 0 radical (unpaired) electrons. The molecule has 0 bridgehead atoms. The SMILES string of the molecule is O=c1c(OCCCO)cccn1CC1CCNCC1. The van der Waals surface area contributed by atoms with Crippen LogP contribution in [0.5, 0.6) is 5.75 Å². The van der Waals surface area contributed by atoms with Crippen LogP contribution in [0, 0.1) is 5.92 Å². The molecule has 1 fully saturated rings. The Hall–Kier alpha value is -1.33. The molecule has 1 aromatic heterocycles. The van der Waals surface area contributed by atoms with Crippen molar-refractivity contribution in [3.05, 3.63) is 28.7 Å². The number of piperidine rings is 1. The van der Waals surface area contributed by atoms with Crippen molar-refractivity contribution < 1.29 is 9.84 Å². The molecule has 0 saturated carbocycles. The predicted octanol–water partition coefficient (Wildman–Crippen LogP) is 0.609. The Balaban J connectivity index is 1.99. The van der Waals surface area contributed by atoms with Gasteiger partial charge in [0.1, 0.15) is 0 Å². The van der Waals surface area contributed by atoms with E-state index in [1.54, 1.807) is 10.6 Å². The van der Waals surface area contributed by atoms with E-state index in [0.29, 0.717) is 24.7 Å². The van der Waals surface area contributed by atoms with Gasteiger partial charge in [0.15, 0.2) is 5.75 Å². The van der Waals surface area contributed by atoms with E-state index in [1.807, 2.05) is 12.3 Å². The average molecular weight is 266 g/mol. The van der Waals surface area contributed by atoms with Gasteiger partial charge in [-0.25, -0.2) is 0 Å². The highest BCUT2D eigenvalue weighted by atomic mass is 16.5. The highest BCUT2D eigenvalue weighted by molar-refractivity contribution is 5.17. The highest BCUT2D eigenvalue weighted by Gasteiger charge is 2.14. The van der Waals surface area contributed by atoms with Crippen molar-refractivity contribution in [2.75, 3.05) is 26.3 Å². The number of nitrogens with one attached hydrogen (secondary N) is 1. The molecule has 1 aliphatic rings. The third-order valence-corrected chi connectivity index (χ3v) is 3.46. The second kappa shape index (κ2) is 7.31. The number of hydrogen-bond donors (Lipinski definition) is 2. The molecule has 5 nitrogen and oxygen atoms in total. The van der Waals surface area contributed by atoms with Gasteiger partial charge >= 0.3 is 0 Å². The average Bonchev–Trinajstić information content (AvgIpc) is 2.44. The molecule has 1 saturated heterocycles. The molecule has 106 valence electrons. The first-order valence-electron chi connectivity index (χ1n) is 6.95. The molecule has 1 aromatic rings. The highest BCUT2D eigenvalue weighted by Crippen LogP contribution is 2.14. The third kappa shape index (κ3) is 4.08. The molecule has 0 spiro atoms. The number of hydrogen-bond acceptors (Lipinski definition) is 4. The molecular formula is C14H22N2O3. The smallest absolute Gasteiger partial charge is 0.292 e. The van der Waals surface area contributed by atoms with E-state index in [-0.39, 0.29) is 12.2 Å². The molecule has 1 aliphatic heterocycles. The van der Waals surface area contributed by atoms with Gasteiger partial charge in [0, 0.05) is 25.8 Å². The molecule has 19 heavy (non-hydrogen) atoms. The van der Waals surface area contributed by atoms with E-state index < -0.39 is 0 Å². The molecule has 0 aromatic carbocycles. The van der Waals surface area contributed by atoms with Gasteiger partial charge in [-0.2, -0.15) is 0 Å². The lowest BCUT2D eigenvalue weighted by Gasteiger charge is -2.23. The Labute approximate surface area is 113 Å². The lowest BCUT2D eigenvalue weighted by molar-refractivity contribution is 0.230. The maximum atomic E-state index is 12.2. The molecule has 2 rings (SSSR count). The fraction of sp³-hybridized carbons (Fsp3) is 0.643. The van der Waals surface area contributed by atoms with Crippen LogP contribution in [0.25, 0.3) is 0 Å². The lowest BCUT2D eigenvalue weighted by atomic mass is 9.98. The van der Waals surface area contributed by atoms with Crippen LogP contribution in [0.3, 0.4) is 0 Å². The molecule has 2 N–H and O–H groups in total. The topological polar surface area (TPSA) is 63.5 Å². The van der Waals surface area contributed by atoms with E-state index in [2.05, 4.69) is 5.32 Å². The van der Waals surface area contributed by atoms with Crippen LogP contribution < -0.4 is 15.6 Å². The largest absolute Gasteiger partial charge is 0.488 e. The summed E-state index contributed by atoms with van der Waals surface area (Å²) in [6.07, 6.45) is 4.59. The number of ether oxygens (including phenoxy) is 1. The summed E-state index contributed by atoms with van der Waals surface area (Å²) in [5, 5.41) is 12.0. The number of aliphatic hydroxyl groups is 1. The summed E-state index contributed by atoms with van der Waals surface area (Å²) in [7, 11) is 0. The summed E-state index contributed by atoms with van der Waals surface area (Å²) in [6.45, 7) is 3.29.